The summed E-state index contributed by atoms with van der Waals surface area (Å²) in [6.45, 7) is 4.61. The first-order chi connectivity index (χ1) is 10.6. The lowest BCUT2D eigenvalue weighted by molar-refractivity contribution is 0.0935. The summed E-state index contributed by atoms with van der Waals surface area (Å²) in [5.41, 5.74) is 0.564. The van der Waals surface area contributed by atoms with Crippen molar-refractivity contribution in [3.05, 3.63) is 52.7 Å². The molecule has 1 aromatic carbocycles. The minimum Gasteiger partial charge on any atom is -0.464 e. The first kappa shape index (κ1) is 17.2. The van der Waals surface area contributed by atoms with Gasteiger partial charge in [-0.3, -0.25) is 4.79 Å². The number of sulfonamides is 1. The van der Waals surface area contributed by atoms with E-state index in [1.165, 1.54) is 38.1 Å². The van der Waals surface area contributed by atoms with E-state index in [9.17, 15) is 17.6 Å². The average Bonchev–Trinajstić information content (AvgIpc) is 2.74. The Balaban J connectivity index is 2.33. The number of nitrogens with two attached hydrogens (primary N) is 1. The van der Waals surface area contributed by atoms with Crippen LogP contribution < -0.4 is 10.5 Å². The number of amides is 1. The molecule has 124 valence electrons. The fourth-order valence-electron chi connectivity index (χ4n) is 2.37. The van der Waals surface area contributed by atoms with Crippen molar-refractivity contribution in [1.82, 2.24) is 5.32 Å². The highest BCUT2D eigenvalue weighted by Gasteiger charge is 2.29. The molecule has 0 aliphatic carbocycles. The molecule has 0 spiro atoms. The number of aryl methyl sites for hydroxylation is 2. The third kappa shape index (κ3) is 3.59. The summed E-state index contributed by atoms with van der Waals surface area (Å²) in [7, 11) is -4.10. The summed E-state index contributed by atoms with van der Waals surface area (Å²) in [5.74, 6) is -0.787. The molecule has 1 aromatic heterocycles. The Bertz CT molecular complexity index is 841. The van der Waals surface area contributed by atoms with Crippen LogP contribution in [0.3, 0.4) is 0 Å². The number of furan rings is 1. The van der Waals surface area contributed by atoms with Crippen molar-refractivity contribution >= 4 is 15.9 Å². The normalized spacial score (nSPS) is 12.9. The van der Waals surface area contributed by atoms with Crippen molar-refractivity contribution in [3.63, 3.8) is 0 Å². The molecule has 0 aliphatic rings. The Morgan fingerprint density at radius 1 is 1.22 bits per heavy atom. The van der Waals surface area contributed by atoms with E-state index >= 15 is 0 Å². The molecule has 23 heavy (non-hydrogen) atoms. The van der Waals surface area contributed by atoms with Crippen LogP contribution in [0.5, 0.6) is 0 Å². The highest BCUT2D eigenvalue weighted by Crippen LogP contribution is 2.26. The number of halogens is 1. The zero-order chi connectivity index (χ0) is 17.4. The number of carbonyl (C=O) groups is 1. The Labute approximate surface area is 133 Å². The van der Waals surface area contributed by atoms with E-state index in [-0.39, 0.29) is 27.8 Å². The van der Waals surface area contributed by atoms with E-state index in [4.69, 9.17) is 9.56 Å². The van der Waals surface area contributed by atoms with Crippen molar-refractivity contribution in [2.75, 3.05) is 0 Å². The van der Waals surface area contributed by atoms with Crippen LogP contribution >= 0.6 is 0 Å². The number of hydrogen-bond acceptors (Lipinski definition) is 4. The van der Waals surface area contributed by atoms with Crippen molar-refractivity contribution in [2.24, 2.45) is 5.14 Å². The van der Waals surface area contributed by atoms with E-state index in [2.05, 4.69) is 5.32 Å². The molecule has 0 saturated carbocycles. The van der Waals surface area contributed by atoms with Crippen LogP contribution in [0.25, 0.3) is 0 Å². The Morgan fingerprint density at radius 2 is 1.78 bits per heavy atom. The Morgan fingerprint density at radius 3 is 2.30 bits per heavy atom. The van der Waals surface area contributed by atoms with Crippen LogP contribution in [0.4, 0.5) is 4.39 Å². The quantitative estimate of drug-likeness (QED) is 0.890. The number of primary sulfonamides is 1. The maximum atomic E-state index is 12.9. The van der Waals surface area contributed by atoms with E-state index in [1.54, 1.807) is 6.92 Å². The maximum absolute atomic E-state index is 12.9. The lowest BCUT2D eigenvalue weighted by atomic mass is 10.1. The van der Waals surface area contributed by atoms with Gasteiger partial charge in [0.1, 0.15) is 27.8 Å². The SMILES string of the molecule is Cc1oc(C)c(S(N)(=O)=O)c1C(=O)N[C@@H](C)c1ccc(F)cc1. The highest BCUT2D eigenvalue weighted by molar-refractivity contribution is 7.89. The molecule has 1 heterocycles. The zero-order valence-corrected chi connectivity index (χ0v) is 13.7. The summed E-state index contributed by atoms with van der Waals surface area (Å²) in [6.07, 6.45) is 0. The molecule has 2 rings (SSSR count). The first-order valence-corrected chi connectivity index (χ1v) is 8.35. The largest absolute Gasteiger partial charge is 0.464 e. The fraction of sp³-hybridized carbons (Fsp3) is 0.267. The lowest BCUT2D eigenvalue weighted by Gasteiger charge is -2.14. The van der Waals surface area contributed by atoms with Gasteiger partial charge in [-0.15, -0.1) is 0 Å². The minimum absolute atomic E-state index is 0.0598. The highest BCUT2D eigenvalue weighted by atomic mass is 32.2. The molecule has 0 fully saturated rings. The van der Waals surface area contributed by atoms with Gasteiger partial charge in [-0.2, -0.15) is 0 Å². The van der Waals surface area contributed by atoms with Gasteiger partial charge >= 0.3 is 0 Å². The molecule has 0 aliphatic heterocycles. The van der Waals surface area contributed by atoms with Gasteiger partial charge in [0.15, 0.2) is 0 Å². The van der Waals surface area contributed by atoms with Crippen LogP contribution in [0.15, 0.2) is 33.6 Å². The summed E-state index contributed by atoms with van der Waals surface area (Å²) in [6, 6.07) is 5.18. The van der Waals surface area contributed by atoms with Gasteiger partial charge in [0.05, 0.1) is 6.04 Å². The number of nitrogens with one attached hydrogen (secondary N) is 1. The molecule has 0 unspecified atom stereocenters. The van der Waals surface area contributed by atoms with Crippen molar-refractivity contribution in [2.45, 2.75) is 31.7 Å². The minimum atomic E-state index is -4.10. The number of carbonyl (C=O) groups excluding carboxylic acids is 1. The summed E-state index contributed by atoms with van der Waals surface area (Å²) in [5, 5.41) is 7.82. The van der Waals surface area contributed by atoms with Gasteiger partial charge in [-0.25, -0.2) is 17.9 Å². The molecule has 0 radical (unpaired) electrons. The summed E-state index contributed by atoms with van der Waals surface area (Å²) in [4.78, 5) is 12.1. The Kier molecular flexibility index (Phi) is 4.58. The van der Waals surface area contributed by atoms with Gasteiger partial charge in [0.25, 0.3) is 5.91 Å². The predicted octanol–water partition coefficient (Wildman–Crippen LogP) is 2.17. The standard InChI is InChI=1S/C15H17FN2O4S/c1-8(11-4-6-12(16)7-5-11)18-15(19)13-9(2)22-10(3)14(13)23(17,20)21/h4-8H,1-3H3,(H,18,19)(H2,17,20,21)/t8-/m0/s1. The van der Waals surface area contributed by atoms with Crippen LogP contribution in [-0.4, -0.2) is 14.3 Å². The smallest absolute Gasteiger partial charge is 0.256 e. The van der Waals surface area contributed by atoms with Crippen LogP contribution in [0.1, 0.15) is 40.4 Å². The third-order valence-corrected chi connectivity index (χ3v) is 4.49. The zero-order valence-electron chi connectivity index (χ0n) is 12.9. The van der Waals surface area contributed by atoms with Gasteiger partial charge < -0.3 is 9.73 Å². The second-order valence-electron chi connectivity index (χ2n) is 5.21. The van der Waals surface area contributed by atoms with Gasteiger partial charge in [0.2, 0.25) is 10.0 Å². The molecule has 1 atom stereocenters. The van der Waals surface area contributed by atoms with Gasteiger partial charge in [-0.1, -0.05) is 12.1 Å². The van der Waals surface area contributed by atoms with Gasteiger partial charge in [-0.05, 0) is 38.5 Å². The maximum Gasteiger partial charge on any atom is 0.256 e. The summed E-state index contributed by atoms with van der Waals surface area (Å²) < 4.78 is 41.5. The molecule has 1 amide bonds. The van der Waals surface area contributed by atoms with E-state index in [0.717, 1.165) is 0 Å². The van der Waals surface area contributed by atoms with Crippen LogP contribution in [-0.2, 0) is 10.0 Å². The van der Waals surface area contributed by atoms with Crippen LogP contribution in [0.2, 0.25) is 0 Å². The van der Waals surface area contributed by atoms with E-state index in [1.807, 2.05) is 0 Å². The summed E-state index contributed by atoms with van der Waals surface area (Å²) >= 11 is 0. The van der Waals surface area contributed by atoms with E-state index in [0.29, 0.717) is 5.56 Å². The monoisotopic (exact) mass is 340 g/mol. The molecule has 0 bridgehead atoms. The van der Waals surface area contributed by atoms with Crippen molar-refractivity contribution in [1.29, 1.82) is 0 Å². The lowest BCUT2D eigenvalue weighted by Crippen LogP contribution is -2.29. The number of benzene rings is 1. The van der Waals surface area contributed by atoms with Gasteiger partial charge in [0, 0.05) is 0 Å². The molecule has 0 saturated heterocycles. The van der Waals surface area contributed by atoms with Crippen molar-refractivity contribution in [3.8, 4) is 0 Å². The molecule has 3 N–H and O–H groups in total. The number of rotatable bonds is 4. The fourth-order valence-corrected chi connectivity index (χ4v) is 3.34. The second kappa shape index (κ2) is 6.13. The first-order valence-electron chi connectivity index (χ1n) is 6.80. The third-order valence-electron chi connectivity index (χ3n) is 3.43. The average molecular weight is 340 g/mol. The molecular weight excluding hydrogens is 323 g/mol. The van der Waals surface area contributed by atoms with Crippen LogP contribution in [0, 0.1) is 19.7 Å². The molecule has 2 aromatic rings. The molecule has 6 nitrogen and oxygen atoms in total. The topological polar surface area (TPSA) is 102 Å². The number of hydrogen-bond donors (Lipinski definition) is 2. The predicted molar refractivity (Wildman–Crippen MR) is 81.8 cm³/mol. The second-order valence-corrected chi connectivity index (χ2v) is 6.71. The van der Waals surface area contributed by atoms with Crippen molar-refractivity contribution < 1.29 is 22.0 Å². The van der Waals surface area contributed by atoms with E-state index < -0.39 is 22.0 Å². The molecular formula is C15H17FN2O4S. The molecule has 8 heteroatoms. The Hall–Kier alpha value is -2.19.